The molecule has 1 aliphatic rings. The molecule has 0 radical (unpaired) electrons. The lowest BCUT2D eigenvalue weighted by molar-refractivity contribution is -0.149. The van der Waals surface area contributed by atoms with Crippen molar-refractivity contribution in [2.45, 2.75) is 32.2 Å². The number of benzene rings is 1. The summed E-state index contributed by atoms with van der Waals surface area (Å²) in [5.41, 5.74) is 0.678. The molecule has 0 N–H and O–H groups in total. The second-order valence-electron chi connectivity index (χ2n) is 6.33. The molecular formula is C20H27NO6. The van der Waals surface area contributed by atoms with Gasteiger partial charge in [0.1, 0.15) is 0 Å². The molecule has 0 aromatic heterocycles. The third kappa shape index (κ3) is 5.39. The van der Waals surface area contributed by atoms with Crippen molar-refractivity contribution in [2.75, 3.05) is 34.5 Å². The molecule has 7 nitrogen and oxygen atoms in total. The molecule has 1 aliphatic heterocycles. The van der Waals surface area contributed by atoms with Gasteiger partial charge in [-0.2, -0.15) is 0 Å². The molecule has 27 heavy (non-hydrogen) atoms. The van der Waals surface area contributed by atoms with Crippen molar-refractivity contribution in [3.05, 3.63) is 23.8 Å². The summed E-state index contributed by atoms with van der Waals surface area (Å²) in [5, 5.41) is 0. The van der Waals surface area contributed by atoms with Gasteiger partial charge in [-0.3, -0.25) is 4.79 Å². The first-order chi connectivity index (χ1) is 13.0. The molecule has 0 spiro atoms. The second kappa shape index (κ2) is 9.85. The number of esters is 1. The Kier molecular flexibility index (Phi) is 7.52. The van der Waals surface area contributed by atoms with E-state index in [1.807, 2.05) is 6.92 Å². The van der Waals surface area contributed by atoms with Crippen molar-refractivity contribution in [1.82, 2.24) is 4.90 Å². The largest absolute Gasteiger partial charge is 0.493 e. The van der Waals surface area contributed by atoms with Gasteiger partial charge in [-0.05, 0) is 50.0 Å². The van der Waals surface area contributed by atoms with Gasteiger partial charge in [0.25, 0.3) is 5.91 Å². The monoisotopic (exact) mass is 377 g/mol. The van der Waals surface area contributed by atoms with Crippen molar-refractivity contribution in [3.8, 4) is 17.2 Å². The molecule has 1 saturated heterocycles. The van der Waals surface area contributed by atoms with Gasteiger partial charge in [0, 0.05) is 18.7 Å². The Hall–Kier alpha value is -2.70. The van der Waals surface area contributed by atoms with Crippen molar-refractivity contribution in [1.29, 1.82) is 0 Å². The highest BCUT2D eigenvalue weighted by Crippen LogP contribution is 2.38. The fraction of sp³-hybridized carbons (Fsp3) is 0.500. The van der Waals surface area contributed by atoms with Crippen LogP contribution in [0.25, 0.3) is 6.08 Å². The summed E-state index contributed by atoms with van der Waals surface area (Å²) in [5.74, 6) is 0.706. The minimum absolute atomic E-state index is 0.156. The van der Waals surface area contributed by atoms with Gasteiger partial charge < -0.3 is 23.8 Å². The Bertz CT molecular complexity index is 675. The Morgan fingerprint density at radius 1 is 1.11 bits per heavy atom. The first-order valence-electron chi connectivity index (χ1n) is 8.94. The van der Waals surface area contributed by atoms with Crippen molar-refractivity contribution < 1.29 is 28.5 Å². The van der Waals surface area contributed by atoms with E-state index in [1.165, 1.54) is 27.4 Å². The zero-order chi connectivity index (χ0) is 19.8. The normalized spacial score (nSPS) is 16.9. The van der Waals surface area contributed by atoms with Crippen LogP contribution in [0.1, 0.15) is 31.7 Å². The van der Waals surface area contributed by atoms with Crippen LogP contribution in [-0.4, -0.2) is 57.3 Å². The number of nitrogens with zero attached hydrogens (tertiary/aromatic N) is 1. The highest BCUT2D eigenvalue weighted by Gasteiger charge is 2.23. The number of hydrogen-bond acceptors (Lipinski definition) is 6. The SMILES string of the molecule is COc1cc(/C=C/C(=O)OCC(=O)N2CCCC[C@H]2C)cc(OC)c1OC. The van der Waals surface area contributed by atoms with Gasteiger partial charge in [0.2, 0.25) is 5.75 Å². The van der Waals surface area contributed by atoms with E-state index in [4.69, 9.17) is 18.9 Å². The molecule has 148 valence electrons. The molecule has 1 aromatic carbocycles. The minimum atomic E-state index is -0.582. The highest BCUT2D eigenvalue weighted by molar-refractivity contribution is 5.89. The van der Waals surface area contributed by atoms with Gasteiger partial charge in [0.15, 0.2) is 18.1 Å². The third-order valence-corrected chi connectivity index (χ3v) is 4.56. The van der Waals surface area contributed by atoms with E-state index in [2.05, 4.69) is 0 Å². The molecule has 1 atom stereocenters. The predicted molar refractivity (Wildman–Crippen MR) is 101 cm³/mol. The number of hydrogen-bond donors (Lipinski definition) is 0. The number of piperidine rings is 1. The van der Waals surface area contributed by atoms with Crippen LogP contribution in [0.5, 0.6) is 17.2 Å². The molecule has 2 rings (SSSR count). The lowest BCUT2D eigenvalue weighted by Gasteiger charge is -2.33. The quantitative estimate of drug-likeness (QED) is 0.537. The number of amides is 1. The number of methoxy groups -OCH3 is 3. The van der Waals surface area contributed by atoms with E-state index in [9.17, 15) is 9.59 Å². The van der Waals surface area contributed by atoms with Crippen LogP contribution in [0.4, 0.5) is 0 Å². The Morgan fingerprint density at radius 2 is 1.78 bits per heavy atom. The molecule has 0 saturated carbocycles. The number of likely N-dealkylation sites (tertiary alicyclic amines) is 1. The van der Waals surface area contributed by atoms with Gasteiger partial charge in [0.05, 0.1) is 21.3 Å². The topological polar surface area (TPSA) is 74.3 Å². The smallest absolute Gasteiger partial charge is 0.331 e. The molecule has 1 aromatic rings. The van der Waals surface area contributed by atoms with Gasteiger partial charge in [-0.15, -0.1) is 0 Å². The van der Waals surface area contributed by atoms with Crippen molar-refractivity contribution >= 4 is 18.0 Å². The Labute approximate surface area is 159 Å². The molecule has 0 unspecified atom stereocenters. The Balaban J connectivity index is 1.97. The van der Waals surface area contributed by atoms with Crippen LogP contribution in [0, 0.1) is 0 Å². The summed E-state index contributed by atoms with van der Waals surface area (Å²) in [7, 11) is 4.56. The molecule has 0 bridgehead atoms. The summed E-state index contributed by atoms with van der Waals surface area (Å²) in [6, 6.07) is 3.62. The lowest BCUT2D eigenvalue weighted by Crippen LogP contribution is -2.44. The van der Waals surface area contributed by atoms with E-state index in [0.29, 0.717) is 22.8 Å². The van der Waals surface area contributed by atoms with Crippen LogP contribution < -0.4 is 14.2 Å². The molecule has 1 heterocycles. The standard InChI is InChI=1S/C20H27NO6/c1-14-7-5-6-10-21(14)18(22)13-27-19(23)9-8-15-11-16(24-2)20(26-4)17(12-15)25-3/h8-9,11-12,14H,5-7,10,13H2,1-4H3/b9-8+/t14-/m1/s1. The number of carbonyl (C=O) groups excluding carboxylic acids is 2. The lowest BCUT2D eigenvalue weighted by atomic mass is 10.0. The Morgan fingerprint density at radius 3 is 2.33 bits per heavy atom. The van der Waals surface area contributed by atoms with Gasteiger partial charge >= 0.3 is 5.97 Å². The van der Waals surface area contributed by atoms with Crippen molar-refractivity contribution in [3.63, 3.8) is 0 Å². The molecular weight excluding hydrogens is 350 g/mol. The van der Waals surface area contributed by atoms with E-state index >= 15 is 0 Å². The maximum atomic E-state index is 12.2. The second-order valence-corrected chi connectivity index (χ2v) is 6.33. The summed E-state index contributed by atoms with van der Waals surface area (Å²) >= 11 is 0. The minimum Gasteiger partial charge on any atom is -0.493 e. The predicted octanol–water partition coefficient (Wildman–Crippen LogP) is 2.67. The fourth-order valence-corrected chi connectivity index (χ4v) is 3.09. The molecule has 1 fully saturated rings. The average molecular weight is 377 g/mol. The van der Waals surface area contributed by atoms with Crippen LogP contribution in [0.3, 0.4) is 0 Å². The molecule has 0 aliphatic carbocycles. The zero-order valence-electron chi connectivity index (χ0n) is 16.3. The maximum Gasteiger partial charge on any atom is 0.331 e. The van der Waals surface area contributed by atoms with Gasteiger partial charge in [-0.25, -0.2) is 4.79 Å². The van der Waals surface area contributed by atoms with E-state index < -0.39 is 5.97 Å². The number of rotatable bonds is 7. The average Bonchev–Trinajstić information content (AvgIpc) is 2.69. The van der Waals surface area contributed by atoms with Gasteiger partial charge in [-0.1, -0.05) is 0 Å². The van der Waals surface area contributed by atoms with Crippen molar-refractivity contribution in [2.24, 2.45) is 0 Å². The molecule has 7 heteroatoms. The van der Waals surface area contributed by atoms with Crippen LogP contribution >= 0.6 is 0 Å². The highest BCUT2D eigenvalue weighted by atomic mass is 16.5. The van der Waals surface area contributed by atoms with Crippen LogP contribution in [0.15, 0.2) is 18.2 Å². The first kappa shape index (κ1) is 20.6. The molecule has 1 amide bonds. The van der Waals surface area contributed by atoms with Crippen LogP contribution in [-0.2, 0) is 14.3 Å². The van der Waals surface area contributed by atoms with Crippen LogP contribution in [0.2, 0.25) is 0 Å². The maximum absolute atomic E-state index is 12.2. The number of carbonyl (C=O) groups is 2. The summed E-state index contributed by atoms with van der Waals surface area (Å²) < 4.78 is 20.9. The summed E-state index contributed by atoms with van der Waals surface area (Å²) in [6.45, 7) is 2.49. The van der Waals surface area contributed by atoms with E-state index in [-0.39, 0.29) is 18.6 Å². The van der Waals surface area contributed by atoms with E-state index in [0.717, 1.165) is 25.8 Å². The summed E-state index contributed by atoms with van der Waals surface area (Å²) in [4.78, 5) is 25.9. The van der Waals surface area contributed by atoms with E-state index in [1.54, 1.807) is 23.1 Å². The summed E-state index contributed by atoms with van der Waals surface area (Å²) in [6.07, 6.45) is 5.95. The zero-order valence-corrected chi connectivity index (χ0v) is 16.3. The fourth-order valence-electron chi connectivity index (χ4n) is 3.09. The first-order valence-corrected chi connectivity index (χ1v) is 8.94. The third-order valence-electron chi connectivity index (χ3n) is 4.56. The number of ether oxygens (including phenoxy) is 4.